The first-order valence-corrected chi connectivity index (χ1v) is 5.68. The topological polar surface area (TPSA) is 81.2 Å². The van der Waals surface area contributed by atoms with Crippen LogP contribution in [0.4, 0.5) is 25.8 Å². The zero-order valence-electron chi connectivity index (χ0n) is 10.3. The van der Waals surface area contributed by atoms with Gasteiger partial charge < -0.3 is 11.1 Å². The fourth-order valence-corrected chi connectivity index (χ4v) is 1.70. The Balaban J connectivity index is 2.14. The fraction of sp³-hybridized carbons (Fsp3) is 0.0769. The minimum atomic E-state index is -0.942. The lowest BCUT2D eigenvalue weighted by atomic mass is 10.2. The maximum absolute atomic E-state index is 13.0. The Morgan fingerprint density at radius 2 is 1.90 bits per heavy atom. The number of nitro groups is 1. The Labute approximate surface area is 113 Å². The summed E-state index contributed by atoms with van der Waals surface area (Å²) in [5.74, 6) is -1.86. The Bertz CT molecular complexity index is 662. The van der Waals surface area contributed by atoms with Crippen LogP contribution in [-0.4, -0.2) is 4.92 Å². The molecule has 0 saturated carbocycles. The van der Waals surface area contributed by atoms with Gasteiger partial charge in [-0.25, -0.2) is 8.78 Å². The maximum Gasteiger partial charge on any atom is 0.273 e. The second-order valence-corrected chi connectivity index (χ2v) is 4.17. The number of nitrogens with two attached hydrogens (primary N) is 1. The van der Waals surface area contributed by atoms with Crippen molar-refractivity contribution in [1.29, 1.82) is 0 Å². The summed E-state index contributed by atoms with van der Waals surface area (Å²) in [5.41, 5.74) is 6.60. The highest BCUT2D eigenvalue weighted by atomic mass is 19.2. The van der Waals surface area contributed by atoms with Gasteiger partial charge in [0.05, 0.1) is 4.92 Å². The van der Waals surface area contributed by atoms with Crippen LogP contribution < -0.4 is 11.1 Å². The number of nitrogen functional groups attached to an aromatic ring is 1. The third kappa shape index (κ3) is 3.19. The number of nitrogens with one attached hydrogen (secondary N) is 1. The van der Waals surface area contributed by atoms with E-state index in [1.54, 1.807) is 0 Å². The summed E-state index contributed by atoms with van der Waals surface area (Å²) in [6, 6.07) is 7.58. The normalized spacial score (nSPS) is 10.3. The maximum atomic E-state index is 13.0. The van der Waals surface area contributed by atoms with Crippen molar-refractivity contribution in [3.05, 3.63) is 63.7 Å². The number of hydrogen-bond donors (Lipinski definition) is 2. The van der Waals surface area contributed by atoms with Gasteiger partial charge >= 0.3 is 0 Å². The molecule has 7 heteroatoms. The highest BCUT2D eigenvalue weighted by Gasteiger charge is 2.08. The van der Waals surface area contributed by atoms with Crippen LogP contribution in [0.15, 0.2) is 36.4 Å². The Morgan fingerprint density at radius 1 is 1.15 bits per heavy atom. The lowest BCUT2D eigenvalue weighted by Crippen LogP contribution is -2.02. The van der Waals surface area contributed by atoms with Gasteiger partial charge in [-0.05, 0) is 23.8 Å². The number of benzene rings is 2. The number of hydrogen-bond acceptors (Lipinski definition) is 4. The smallest absolute Gasteiger partial charge is 0.273 e. The van der Waals surface area contributed by atoms with Gasteiger partial charge in [0.15, 0.2) is 11.6 Å². The van der Waals surface area contributed by atoms with E-state index >= 15 is 0 Å². The standard InChI is InChI=1S/C13H11F2N3O2/c14-12-2-1-8(3-13(12)15)7-17-10-4-9(16)5-11(6-10)18(19)20/h1-6,17H,7,16H2. The lowest BCUT2D eigenvalue weighted by molar-refractivity contribution is -0.384. The third-order valence-corrected chi connectivity index (χ3v) is 2.63. The first-order valence-electron chi connectivity index (χ1n) is 5.68. The van der Waals surface area contributed by atoms with E-state index in [0.717, 1.165) is 12.1 Å². The number of anilines is 2. The van der Waals surface area contributed by atoms with E-state index < -0.39 is 16.6 Å². The second-order valence-electron chi connectivity index (χ2n) is 4.17. The molecule has 0 amide bonds. The molecule has 0 aliphatic heterocycles. The molecule has 0 unspecified atom stereocenters. The fourth-order valence-electron chi connectivity index (χ4n) is 1.70. The number of non-ortho nitro benzene ring substituents is 1. The summed E-state index contributed by atoms with van der Waals surface area (Å²) in [4.78, 5) is 10.1. The third-order valence-electron chi connectivity index (χ3n) is 2.63. The molecule has 104 valence electrons. The monoisotopic (exact) mass is 279 g/mol. The van der Waals surface area contributed by atoms with Gasteiger partial charge in [0.1, 0.15) is 0 Å². The van der Waals surface area contributed by atoms with Crippen molar-refractivity contribution in [3.63, 3.8) is 0 Å². The molecular formula is C13H11F2N3O2. The molecular weight excluding hydrogens is 268 g/mol. The summed E-state index contributed by atoms with van der Waals surface area (Å²) in [7, 11) is 0. The second kappa shape index (κ2) is 5.52. The molecule has 5 nitrogen and oxygen atoms in total. The molecule has 0 spiro atoms. The average molecular weight is 279 g/mol. The van der Waals surface area contributed by atoms with Gasteiger partial charge in [-0.3, -0.25) is 10.1 Å². The first-order chi connectivity index (χ1) is 9.45. The molecule has 2 aromatic rings. The summed E-state index contributed by atoms with van der Waals surface area (Å²) in [5, 5.41) is 13.6. The van der Waals surface area contributed by atoms with Crippen molar-refractivity contribution in [2.75, 3.05) is 11.1 Å². The molecule has 0 heterocycles. The predicted molar refractivity (Wildman–Crippen MR) is 71.2 cm³/mol. The molecule has 3 N–H and O–H groups in total. The summed E-state index contributed by atoms with van der Waals surface area (Å²) < 4.78 is 25.8. The highest BCUT2D eigenvalue weighted by Crippen LogP contribution is 2.23. The van der Waals surface area contributed by atoms with Gasteiger partial charge in [0.25, 0.3) is 5.69 Å². The molecule has 0 aliphatic carbocycles. The summed E-state index contributed by atoms with van der Waals surface area (Å²) in [6.07, 6.45) is 0. The van der Waals surface area contributed by atoms with Gasteiger partial charge in [-0.2, -0.15) is 0 Å². The van der Waals surface area contributed by atoms with E-state index in [1.807, 2.05) is 0 Å². The van der Waals surface area contributed by atoms with Crippen LogP contribution in [0.5, 0.6) is 0 Å². The van der Waals surface area contributed by atoms with E-state index in [2.05, 4.69) is 5.32 Å². The molecule has 0 bridgehead atoms. The van der Waals surface area contributed by atoms with Crippen LogP contribution in [0.1, 0.15) is 5.56 Å². The zero-order valence-corrected chi connectivity index (χ0v) is 10.3. The summed E-state index contributed by atoms with van der Waals surface area (Å²) in [6.45, 7) is 0.192. The van der Waals surface area contributed by atoms with Crippen LogP contribution in [0.3, 0.4) is 0 Å². The van der Waals surface area contributed by atoms with Crippen molar-refractivity contribution < 1.29 is 13.7 Å². The Hall–Kier alpha value is -2.70. The van der Waals surface area contributed by atoms with Crippen molar-refractivity contribution in [1.82, 2.24) is 0 Å². The van der Waals surface area contributed by atoms with E-state index in [-0.39, 0.29) is 17.9 Å². The Morgan fingerprint density at radius 3 is 2.55 bits per heavy atom. The largest absolute Gasteiger partial charge is 0.398 e. The van der Waals surface area contributed by atoms with Crippen LogP contribution in [0.25, 0.3) is 0 Å². The average Bonchev–Trinajstić information content (AvgIpc) is 2.39. The highest BCUT2D eigenvalue weighted by molar-refractivity contribution is 5.61. The molecule has 20 heavy (non-hydrogen) atoms. The minimum absolute atomic E-state index is 0.141. The first kappa shape index (κ1) is 13.7. The molecule has 0 fully saturated rings. The van der Waals surface area contributed by atoms with Gasteiger partial charge in [0.2, 0.25) is 0 Å². The number of rotatable bonds is 4. The molecule has 2 aromatic carbocycles. The quantitative estimate of drug-likeness (QED) is 0.512. The van der Waals surface area contributed by atoms with Gasteiger partial charge in [-0.15, -0.1) is 0 Å². The van der Waals surface area contributed by atoms with Gasteiger partial charge in [0, 0.05) is 30.1 Å². The van der Waals surface area contributed by atoms with Crippen LogP contribution in [0.2, 0.25) is 0 Å². The summed E-state index contributed by atoms with van der Waals surface area (Å²) >= 11 is 0. The van der Waals surface area contributed by atoms with Crippen LogP contribution in [-0.2, 0) is 6.54 Å². The van der Waals surface area contributed by atoms with E-state index in [1.165, 1.54) is 24.3 Å². The SMILES string of the molecule is Nc1cc(NCc2ccc(F)c(F)c2)cc([N+](=O)[O-])c1. The van der Waals surface area contributed by atoms with E-state index in [0.29, 0.717) is 11.3 Å². The molecule has 0 aliphatic rings. The molecule has 0 radical (unpaired) electrons. The predicted octanol–water partition coefficient (Wildman–Crippen LogP) is 3.07. The zero-order chi connectivity index (χ0) is 14.7. The van der Waals surface area contributed by atoms with Gasteiger partial charge in [-0.1, -0.05) is 6.07 Å². The molecule has 0 atom stereocenters. The minimum Gasteiger partial charge on any atom is -0.398 e. The molecule has 2 rings (SSSR count). The van der Waals surface area contributed by atoms with Crippen molar-refractivity contribution >= 4 is 17.1 Å². The molecule has 0 saturated heterocycles. The number of nitro benzene ring substituents is 1. The van der Waals surface area contributed by atoms with Crippen molar-refractivity contribution in [2.45, 2.75) is 6.54 Å². The lowest BCUT2D eigenvalue weighted by Gasteiger charge is -2.08. The van der Waals surface area contributed by atoms with Crippen molar-refractivity contribution in [3.8, 4) is 0 Å². The van der Waals surface area contributed by atoms with Crippen LogP contribution in [0, 0.1) is 21.7 Å². The van der Waals surface area contributed by atoms with E-state index in [9.17, 15) is 18.9 Å². The van der Waals surface area contributed by atoms with E-state index in [4.69, 9.17) is 5.73 Å². The molecule has 0 aromatic heterocycles. The number of nitrogens with zero attached hydrogens (tertiary/aromatic N) is 1. The number of halogens is 2. The van der Waals surface area contributed by atoms with Crippen LogP contribution >= 0.6 is 0 Å². The Kier molecular flexibility index (Phi) is 3.79. The van der Waals surface area contributed by atoms with Crippen molar-refractivity contribution in [2.24, 2.45) is 0 Å².